The lowest BCUT2D eigenvalue weighted by molar-refractivity contribution is -0.324. The van der Waals surface area contributed by atoms with Crippen LogP contribution in [0.15, 0.2) is 24.4 Å². The Morgan fingerprint density at radius 1 is 1.26 bits per heavy atom. The smallest absolute Gasteiger partial charge is 0.281 e. The van der Waals surface area contributed by atoms with Crippen LogP contribution in [0.5, 0.6) is 0 Å². The lowest BCUT2D eigenvalue weighted by Gasteiger charge is -2.50. The Balaban J connectivity index is 1.21. The second-order valence-corrected chi connectivity index (χ2v) is 13.7. The van der Waals surface area contributed by atoms with Crippen molar-refractivity contribution in [2.45, 2.75) is 95.5 Å². The van der Waals surface area contributed by atoms with E-state index in [9.17, 15) is 19.5 Å². The van der Waals surface area contributed by atoms with Crippen molar-refractivity contribution in [3.05, 3.63) is 35.5 Å². The number of piperidine rings is 1. The first kappa shape index (κ1) is 27.9. The molecule has 3 N–H and O–H groups in total. The van der Waals surface area contributed by atoms with Crippen LogP contribution in [0.4, 0.5) is 0 Å². The number of aromatic nitrogens is 1. The minimum atomic E-state index is -1.99. The molecule has 5 aliphatic rings. The molecule has 4 saturated heterocycles. The molecule has 10 heteroatoms. The Labute approximate surface area is 246 Å². The van der Waals surface area contributed by atoms with Crippen LogP contribution in [0.2, 0.25) is 0 Å². The van der Waals surface area contributed by atoms with E-state index in [1.54, 1.807) is 4.90 Å². The lowest BCUT2D eigenvalue weighted by Crippen LogP contribution is -2.72. The van der Waals surface area contributed by atoms with Crippen LogP contribution < -0.4 is 5.32 Å². The fourth-order valence-corrected chi connectivity index (χ4v) is 8.64. The van der Waals surface area contributed by atoms with Gasteiger partial charge in [-0.05, 0) is 55.8 Å². The number of carbonyl (C=O) groups is 3. The summed E-state index contributed by atoms with van der Waals surface area (Å²) in [6.07, 6.45) is 5.60. The normalized spacial score (nSPS) is 36.8. The molecule has 1 aliphatic carbocycles. The van der Waals surface area contributed by atoms with Crippen LogP contribution in [0.3, 0.4) is 0 Å². The highest BCUT2D eigenvalue weighted by Gasteiger charge is 2.72. The van der Waals surface area contributed by atoms with Crippen LogP contribution >= 0.6 is 0 Å². The van der Waals surface area contributed by atoms with Crippen molar-refractivity contribution >= 4 is 28.6 Å². The molecule has 0 unspecified atom stereocenters. The number of fused-ring (bicyclic) bond motifs is 5. The van der Waals surface area contributed by atoms with Crippen LogP contribution in [-0.2, 0) is 25.5 Å². The third-order valence-electron chi connectivity index (χ3n) is 11.1. The van der Waals surface area contributed by atoms with Crippen LogP contribution in [0.25, 0.3) is 10.9 Å². The molecule has 2 aromatic rings. The van der Waals surface area contributed by atoms with Gasteiger partial charge >= 0.3 is 0 Å². The highest BCUT2D eigenvalue weighted by molar-refractivity contribution is 5.98. The molecular formula is C32H43N5O5. The first-order chi connectivity index (χ1) is 20.0. The van der Waals surface area contributed by atoms with Crippen LogP contribution in [0, 0.1) is 17.8 Å². The first-order valence-electron chi connectivity index (χ1n) is 15.7. The summed E-state index contributed by atoms with van der Waals surface area (Å²) in [5.41, 5.74) is 1.93. The van der Waals surface area contributed by atoms with Crippen molar-refractivity contribution in [1.29, 1.82) is 0 Å². The summed E-state index contributed by atoms with van der Waals surface area (Å²) in [7, 11) is 2.07. The van der Waals surface area contributed by atoms with Gasteiger partial charge in [0, 0.05) is 48.1 Å². The van der Waals surface area contributed by atoms with Crippen molar-refractivity contribution in [2.75, 3.05) is 20.1 Å². The summed E-state index contributed by atoms with van der Waals surface area (Å²) < 4.78 is 6.47. The monoisotopic (exact) mass is 577 g/mol. The number of piperazine rings is 1. The molecule has 42 heavy (non-hydrogen) atoms. The third-order valence-corrected chi connectivity index (χ3v) is 11.1. The van der Waals surface area contributed by atoms with Gasteiger partial charge in [0.2, 0.25) is 17.5 Å². The Hall–Kier alpha value is -2.95. The Morgan fingerprint density at radius 3 is 2.79 bits per heavy atom. The van der Waals surface area contributed by atoms with Crippen LogP contribution in [0.1, 0.15) is 70.4 Å². The van der Waals surface area contributed by atoms with Gasteiger partial charge < -0.3 is 25.2 Å². The maximum Gasteiger partial charge on any atom is 0.281 e. The molecule has 7 rings (SSSR count). The number of likely N-dealkylation sites (tertiary alicyclic amines) is 1. The molecule has 4 fully saturated rings. The Kier molecular flexibility index (Phi) is 6.32. The fourth-order valence-electron chi connectivity index (χ4n) is 8.64. The number of nitrogens with one attached hydrogen (secondary N) is 2. The largest absolute Gasteiger partial charge is 0.361 e. The molecule has 3 amide bonds. The molecule has 0 radical (unpaired) electrons. The molecule has 8 atom stereocenters. The van der Waals surface area contributed by atoms with Gasteiger partial charge in [-0.2, -0.15) is 0 Å². The maximum absolute atomic E-state index is 14.5. The zero-order valence-corrected chi connectivity index (χ0v) is 25.2. The highest BCUT2D eigenvalue weighted by atomic mass is 16.7. The summed E-state index contributed by atoms with van der Waals surface area (Å²) >= 11 is 0. The average Bonchev–Trinajstić information content (AvgIpc) is 3.68. The second-order valence-electron chi connectivity index (χ2n) is 13.7. The van der Waals surface area contributed by atoms with E-state index in [2.05, 4.69) is 46.6 Å². The zero-order valence-electron chi connectivity index (χ0n) is 25.2. The van der Waals surface area contributed by atoms with Gasteiger partial charge in [-0.25, -0.2) is 0 Å². The van der Waals surface area contributed by atoms with E-state index in [1.165, 1.54) is 21.4 Å². The topological polar surface area (TPSA) is 118 Å². The van der Waals surface area contributed by atoms with E-state index < -0.39 is 35.5 Å². The summed E-state index contributed by atoms with van der Waals surface area (Å²) in [5.74, 6) is -3.79. The minimum Gasteiger partial charge on any atom is -0.361 e. The predicted octanol–water partition coefficient (Wildman–Crippen LogP) is 2.52. The SMILES string of the molecule is CC[C@@H](C)[C@H]1C(=O)N2CCC[C@H]2[C@]2(O)O[C@](NC(=O)[C@@H]3C[C@@H]4c5cccc6[nH]cc(c56)C[C@H]4N(C)C3)(C(C)C)C(=O)N12. The maximum atomic E-state index is 14.5. The number of aliphatic hydroxyl groups is 1. The number of benzene rings is 1. The number of carbonyl (C=O) groups excluding carboxylic acids is 3. The van der Waals surface area contributed by atoms with Crippen molar-refractivity contribution < 1.29 is 24.2 Å². The molecule has 5 heterocycles. The van der Waals surface area contributed by atoms with Gasteiger partial charge in [0.15, 0.2) is 0 Å². The molecule has 0 spiro atoms. The zero-order chi connectivity index (χ0) is 29.7. The van der Waals surface area contributed by atoms with Gasteiger partial charge in [-0.15, -0.1) is 0 Å². The standard InChI is InChI=1S/C32H43N5O5/c1-6-18(4)27-29(39)36-12-8-11-25(36)32(41)37(27)30(40)31(42-32,17(2)3)34-28(38)20-13-22-21-9-7-10-23-26(21)19(15-33-23)14-24(22)35(5)16-20/h7,9-10,15,17-18,20,22,24-25,27,33,41H,6,8,11-14,16H2,1-5H3,(H,34,38)/t18-,20-,22-,24-,25+,27+,31-,32+/m1/s1. The molecule has 1 aromatic carbocycles. The molecule has 4 aliphatic heterocycles. The number of aromatic amines is 1. The Bertz CT molecular complexity index is 1460. The first-order valence-corrected chi connectivity index (χ1v) is 15.7. The number of amides is 3. The quantitative estimate of drug-likeness (QED) is 0.503. The number of ether oxygens (including phenoxy) is 1. The summed E-state index contributed by atoms with van der Waals surface area (Å²) in [4.78, 5) is 51.0. The van der Waals surface area contributed by atoms with Gasteiger partial charge in [0.25, 0.3) is 11.8 Å². The number of H-pyrrole nitrogens is 1. The molecule has 10 nitrogen and oxygen atoms in total. The molecule has 1 aromatic heterocycles. The van der Waals surface area contributed by atoms with Gasteiger partial charge in [0.05, 0.1) is 5.92 Å². The van der Waals surface area contributed by atoms with E-state index >= 15 is 0 Å². The summed E-state index contributed by atoms with van der Waals surface area (Å²) in [5, 5.41) is 16.5. The lowest BCUT2D eigenvalue weighted by atomic mass is 9.72. The van der Waals surface area contributed by atoms with Crippen molar-refractivity contribution in [3.8, 4) is 0 Å². The van der Waals surface area contributed by atoms with E-state index in [4.69, 9.17) is 4.74 Å². The fraction of sp³-hybridized carbons (Fsp3) is 0.656. The summed E-state index contributed by atoms with van der Waals surface area (Å²) in [6, 6.07) is 5.12. The second kappa shape index (κ2) is 9.53. The summed E-state index contributed by atoms with van der Waals surface area (Å²) in [6.45, 7) is 8.63. The average molecular weight is 578 g/mol. The molecule has 0 saturated carbocycles. The molecule has 226 valence electrons. The number of nitrogens with zero attached hydrogens (tertiary/aromatic N) is 3. The van der Waals surface area contributed by atoms with Gasteiger partial charge in [-0.1, -0.05) is 46.2 Å². The van der Waals surface area contributed by atoms with E-state index in [0.717, 1.165) is 18.4 Å². The molecule has 0 bridgehead atoms. The number of hydrogen-bond acceptors (Lipinski definition) is 6. The van der Waals surface area contributed by atoms with Gasteiger partial charge in [-0.3, -0.25) is 24.0 Å². The third kappa shape index (κ3) is 3.64. The number of likely N-dealkylation sites (N-methyl/N-ethyl adjacent to an activating group) is 1. The van der Waals surface area contributed by atoms with E-state index in [-0.39, 0.29) is 35.6 Å². The minimum absolute atomic E-state index is 0.144. The Morgan fingerprint density at radius 2 is 2.05 bits per heavy atom. The van der Waals surface area contributed by atoms with Crippen molar-refractivity contribution in [3.63, 3.8) is 0 Å². The predicted molar refractivity (Wildman–Crippen MR) is 156 cm³/mol. The van der Waals surface area contributed by atoms with Crippen LogP contribution in [-0.4, -0.2) is 92.4 Å². The molecular weight excluding hydrogens is 534 g/mol. The van der Waals surface area contributed by atoms with E-state index in [0.29, 0.717) is 32.4 Å². The van der Waals surface area contributed by atoms with Crippen molar-refractivity contribution in [2.24, 2.45) is 17.8 Å². The van der Waals surface area contributed by atoms with Crippen molar-refractivity contribution in [1.82, 2.24) is 25.0 Å². The number of hydrogen-bond donors (Lipinski definition) is 3. The van der Waals surface area contributed by atoms with E-state index in [1.807, 2.05) is 27.7 Å². The highest BCUT2D eigenvalue weighted by Crippen LogP contribution is 2.49. The van der Waals surface area contributed by atoms with Gasteiger partial charge in [0.1, 0.15) is 12.1 Å². The number of rotatable bonds is 5.